The van der Waals surface area contributed by atoms with Crippen molar-refractivity contribution in [2.75, 3.05) is 20.7 Å². The molecule has 0 aromatic heterocycles. The number of ether oxygens (including phenoxy) is 1. The second-order valence-corrected chi connectivity index (χ2v) is 5.19. The molecule has 1 aromatic carbocycles. The van der Waals surface area contributed by atoms with Gasteiger partial charge >= 0.3 is 0 Å². The minimum absolute atomic E-state index is 0.00524. The quantitative estimate of drug-likeness (QED) is 0.870. The van der Waals surface area contributed by atoms with E-state index in [1.54, 1.807) is 19.0 Å². The van der Waals surface area contributed by atoms with Gasteiger partial charge in [0.25, 0.3) is 0 Å². The largest absolute Gasteiger partial charge is 0.493 e. The maximum atomic E-state index is 11.5. The molecule has 1 amide bonds. The summed E-state index contributed by atoms with van der Waals surface area (Å²) >= 11 is 6.15. The van der Waals surface area contributed by atoms with Gasteiger partial charge in [-0.15, -0.1) is 0 Å². The van der Waals surface area contributed by atoms with Gasteiger partial charge in [-0.25, -0.2) is 0 Å². The molecule has 1 rings (SSSR count). The number of amides is 1. The van der Waals surface area contributed by atoms with Crippen LogP contribution in [0.1, 0.15) is 18.9 Å². The van der Waals surface area contributed by atoms with Crippen LogP contribution in [-0.4, -0.2) is 37.6 Å². The van der Waals surface area contributed by atoms with Crippen molar-refractivity contribution >= 4 is 17.5 Å². The van der Waals surface area contributed by atoms with E-state index in [-0.39, 0.29) is 11.9 Å². The van der Waals surface area contributed by atoms with E-state index in [0.717, 1.165) is 5.56 Å². The number of rotatable bonds is 6. The molecule has 19 heavy (non-hydrogen) atoms. The first-order valence-electron chi connectivity index (χ1n) is 6.27. The molecule has 0 spiro atoms. The molecular formula is C14H21ClN2O2. The van der Waals surface area contributed by atoms with Crippen molar-refractivity contribution in [2.45, 2.75) is 25.8 Å². The van der Waals surface area contributed by atoms with Crippen LogP contribution in [0, 0.1) is 0 Å². The van der Waals surface area contributed by atoms with Gasteiger partial charge in [0.15, 0.2) is 0 Å². The third kappa shape index (κ3) is 5.09. The Labute approximate surface area is 119 Å². The molecule has 4 nitrogen and oxygen atoms in total. The fraction of sp³-hybridized carbons (Fsp3) is 0.500. The Morgan fingerprint density at radius 2 is 2.16 bits per heavy atom. The van der Waals surface area contributed by atoms with Gasteiger partial charge in [0, 0.05) is 30.7 Å². The summed E-state index contributed by atoms with van der Waals surface area (Å²) in [4.78, 5) is 13.0. The standard InChI is InChI=1S/C14H21ClN2O2/c1-10(16)9-11-12(15)5-4-6-13(11)19-8-7-14(18)17(2)3/h4-6,10H,7-9,16H2,1-3H3. The topological polar surface area (TPSA) is 55.6 Å². The predicted molar refractivity (Wildman–Crippen MR) is 77.6 cm³/mol. The van der Waals surface area contributed by atoms with Crippen molar-refractivity contribution in [3.05, 3.63) is 28.8 Å². The van der Waals surface area contributed by atoms with Crippen LogP contribution in [0.4, 0.5) is 0 Å². The number of nitrogens with zero attached hydrogens (tertiary/aromatic N) is 1. The Kier molecular flexibility index (Phi) is 6.12. The number of hydrogen-bond donors (Lipinski definition) is 1. The summed E-state index contributed by atoms with van der Waals surface area (Å²) in [5.41, 5.74) is 6.70. The van der Waals surface area contributed by atoms with Gasteiger partial charge in [0.1, 0.15) is 5.75 Å². The number of carbonyl (C=O) groups is 1. The van der Waals surface area contributed by atoms with E-state index >= 15 is 0 Å². The van der Waals surface area contributed by atoms with Crippen molar-refractivity contribution in [3.8, 4) is 5.75 Å². The van der Waals surface area contributed by atoms with Crippen LogP contribution in [-0.2, 0) is 11.2 Å². The lowest BCUT2D eigenvalue weighted by molar-refractivity contribution is -0.129. The minimum atomic E-state index is 0.00524. The predicted octanol–water partition coefficient (Wildman–Crippen LogP) is 2.09. The molecule has 0 radical (unpaired) electrons. The van der Waals surface area contributed by atoms with Crippen LogP contribution in [0.3, 0.4) is 0 Å². The molecule has 0 aliphatic carbocycles. The summed E-state index contributed by atoms with van der Waals surface area (Å²) < 4.78 is 5.65. The van der Waals surface area contributed by atoms with Crippen LogP contribution < -0.4 is 10.5 Å². The van der Waals surface area contributed by atoms with Crippen LogP contribution in [0.5, 0.6) is 5.75 Å². The smallest absolute Gasteiger partial charge is 0.225 e. The molecule has 0 heterocycles. The Morgan fingerprint density at radius 3 is 2.74 bits per heavy atom. The molecule has 0 fully saturated rings. The second kappa shape index (κ2) is 7.36. The fourth-order valence-electron chi connectivity index (χ4n) is 1.67. The SMILES string of the molecule is CC(N)Cc1c(Cl)cccc1OCCC(=O)N(C)C. The molecule has 2 N–H and O–H groups in total. The Morgan fingerprint density at radius 1 is 1.47 bits per heavy atom. The molecule has 1 unspecified atom stereocenters. The van der Waals surface area contributed by atoms with Crippen molar-refractivity contribution in [1.29, 1.82) is 0 Å². The Bertz CT molecular complexity index is 433. The summed E-state index contributed by atoms with van der Waals surface area (Å²) in [5.74, 6) is 0.743. The van der Waals surface area contributed by atoms with Crippen LogP contribution in [0.15, 0.2) is 18.2 Å². The highest BCUT2D eigenvalue weighted by atomic mass is 35.5. The van der Waals surface area contributed by atoms with Gasteiger partial charge < -0.3 is 15.4 Å². The molecule has 0 bridgehead atoms. The van der Waals surface area contributed by atoms with Gasteiger partial charge in [-0.05, 0) is 25.5 Å². The Balaban J connectivity index is 2.67. The zero-order chi connectivity index (χ0) is 14.4. The highest BCUT2D eigenvalue weighted by Gasteiger charge is 2.11. The van der Waals surface area contributed by atoms with E-state index in [1.807, 2.05) is 25.1 Å². The molecule has 1 atom stereocenters. The number of halogens is 1. The second-order valence-electron chi connectivity index (χ2n) is 4.78. The molecule has 0 aliphatic heterocycles. The van der Waals surface area contributed by atoms with E-state index in [4.69, 9.17) is 22.1 Å². The van der Waals surface area contributed by atoms with Crippen LogP contribution >= 0.6 is 11.6 Å². The van der Waals surface area contributed by atoms with Gasteiger partial charge in [-0.1, -0.05) is 17.7 Å². The van der Waals surface area contributed by atoms with Crippen molar-refractivity contribution in [2.24, 2.45) is 5.73 Å². The van der Waals surface area contributed by atoms with Gasteiger partial charge in [-0.3, -0.25) is 4.79 Å². The van der Waals surface area contributed by atoms with E-state index in [2.05, 4.69) is 0 Å². The lowest BCUT2D eigenvalue weighted by Crippen LogP contribution is -2.23. The van der Waals surface area contributed by atoms with Crippen molar-refractivity contribution < 1.29 is 9.53 Å². The summed E-state index contributed by atoms with van der Waals surface area (Å²) in [6.07, 6.45) is 0.994. The zero-order valence-corrected chi connectivity index (χ0v) is 12.4. The lowest BCUT2D eigenvalue weighted by atomic mass is 10.1. The average molecular weight is 285 g/mol. The van der Waals surface area contributed by atoms with Gasteiger partial charge in [0.2, 0.25) is 5.91 Å². The summed E-state index contributed by atoms with van der Waals surface area (Å²) in [6.45, 7) is 2.26. The van der Waals surface area contributed by atoms with Gasteiger partial charge in [0.05, 0.1) is 13.0 Å². The average Bonchev–Trinajstić information content (AvgIpc) is 2.32. The highest BCUT2D eigenvalue weighted by Crippen LogP contribution is 2.27. The molecular weight excluding hydrogens is 264 g/mol. The Hall–Kier alpha value is -1.26. The first kappa shape index (κ1) is 15.8. The fourth-order valence-corrected chi connectivity index (χ4v) is 1.91. The molecule has 0 aliphatic rings. The van der Waals surface area contributed by atoms with Crippen LogP contribution in [0.25, 0.3) is 0 Å². The molecule has 1 aromatic rings. The van der Waals surface area contributed by atoms with Gasteiger partial charge in [-0.2, -0.15) is 0 Å². The van der Waals surface area contributed by atoms with Crippen molar-refractivity contribution in [3.63, 3.8) is 0 Å². The lowest BCUT2D eigenvalue weighted by Gasteiger charge is -2.15. The van der Waals surface area contributed by atoms with Crippen LogP contribution in [0.2, 0.25) is 5.02 Å². The summed E-state index contributed by atoms with van der Waals surface area (Å²) in [7, 11) is 3.45. The normalized spacial score (nSPS) is 12.1. The van der Waals surface area contributed by atoms with E-state index in [1.165, 1.54) is 0 Å². The minimum Gasteiger partial charge on any atom is -0.493 e. The molecule has 0 saturated carbocycles. The zero-order valence-electron chi connectivity index (χ0n) is 11.6. The van der Waals surface area contributed by atoms with E-state index < -0.39 is 0 Å². The number of nitrogens with two attached hydrogens (primary N) is 1. The van der Waals surface area contributed by atoms with E-state index in [9.17, 15) is 4.79 Å². The highest BCUT2D eigenvalue weighted by molar-refractivity contribution is 6.31. The number of carbonyl (C=O) groups excluding carboxylic acids is 1. The number of benzene rings is 1. The molecule has 5 heteroatoms. The summed E-state index contributed by atoms with van der Waals surface area (Å²) in [5, 5.41) is 0.647. The third-order valence-electron chi connectivity index (χ3n) is 2.67. The monoisotopic (exact) mass is 284 g/mol. The first-order valence-corrected chi connectivity index (χ1v) is 6.65. The molecule has 106 valence electrons. The number of hydrogen-bond acceptors (Lipinski definition) is 3. The van der Waals surface area contributed by atoms with Crippen molar-refractivity contribution in [1.82, 2.24) is 4.90 Å². The van der Waals surface area contributed by atoms with E-state index in [0.29, 0.717) is 30.2 Å². The maximum absolute atomic E-state index is 11.5. The molecule has 0 saturated heterocycles. The maximum Gasteiger partial charge on any atom is 0.225 e. The first-order chi connectivity index (χ1) is 8.91. The summed E-state index contributed by atoms with van der Waals surface area (Å²) in [6, 6.07) is 5.50. The third-order valence-corrected chi connectivity index (χ3v) is 3.03.